The molecule has 0 N–H and O–H groups in total. The minimum atomic E-state index is 0. The molecule has 9 heavy (non-hydrogen) atoms. The van der Waals surface area contributed by atoms with E-state index in [-0.39, 0.29) is 35.9 Å². The molecule has 0 heterocycles. The fourth-order valence-corrected chi connectivity index (χ4v) is 0.200. The second kappa shape index (κ2) is 38.1. The van der Waals surface area contributed by atoms with Crippen LogP contribution in [0.5, 0.6) is 0 Å². The largest absolute Gasteiger partial charge is 1.00 e. The third kappa shape index (κ3) is 54.7. The van der Waals surface area contributed by atoms with Gasteiger partial charge in [0.2, 0.25) is 0 Å². The molecule has 0 amide bonds. The predicted octanol–water partition coefficient (Wildman–Crippen LogP) is -1.30. The molecule has 4 heteroatoms. The first-order chi connectivity index (χ1) is 3.41. The fourth-order valence-electron chi connectivity index (χ4n) is 0.0668. The monoisotopic (exact) mass is 185 g/mol. The van der Waals surface area contributed by atoms with E-state index in [9.17, 15) is 0 Å². The van der Waals surface area contributed by atoms with Gasteiger partial charge in [-0.2, -0.15) is 6.42 Å². The standard InChI is InChI=1S/C4H6Cl.CN.Cu.Li/c1-2-3-4-5;1-2;;/h1,3-4H2;;;/q2*-1;2*+1. The van der Waals surface area contributed by atoms with E-state index in [2.05, 4.69) is 12.7 Å². The Morgan fingerprint density at radius 3 is 1.89 bits per heavy atom. The number of halogens is 1. The summed E-state index contributed by atoms with van der Waals surface area (Å²) in [6, 6.07) is 0. The van der Waals surface area contributed by atoms with Gasteiger partial charge in [-0.25, -0.2) is 0 Å². The van der Waals surface area contributed by atoms with Crippen LogP contribution in [0.4, 0.5) is 0 Å². The van der Waals surface area contributed by atoms with Crippen molar-refractivity contribution >= 4 is 11.6 Å². The first-order valence-electron chi connectivity index (χ1n) is 1.70. The molecule has 0 fully saturated rings. The van der Waals surface area contributed by atoms with Gasteiger partial charge in [-0.1, -0.05) is 0 Å². The van der Waals surface area contributed by atoms with Crippen molar-refractivity contribution in [2.45, 2.75) is 6.42 Å². The van der Waals surface area contributed by atoms with Crippen molar-refractivity contribution in [2.75, 3.05) is 5.88 Å². The Morgan fingerprint density at radius 2 is 1.89 bits per heavy atom. The van der Waals surface area contributed by atoms with Crippen molar-refractivity contribution in [3.63, 3.8) is 0 Å². The molecule has 1 nitrogen and oxygen atoms in total. The van der Waals surface area contributed by atoms with E-state index in [1.807, 2.05) is 0 Å². The van der Waals surface area contributed by atoms with E-state index < -0.39 is 0 Å². The summed E-state index contributed by atoms with van der Waals surface area (Å²) in [5.74, 6) is 0.642. The average molecular weight is 186 g/mol. The van der Waals surface area contributed by atoms with Crippen LogP contribution in [-0.2, 0) is 17.1 Å². The van der Waals surface area contributed by atoms with Crippen LogP contribution in [0.2, 0.25) is 0 Å². The number of alkyl halides is 1. The average Bonchev–Trinajstić information content (AvgIpc) is 1.75. The molecule has 0 aromatic rings. The quantitative estimate of drug-likeness (QED) is 0.299. The summed E-state index contributed by atoms with van der Waals surface area (Å²) in [6.45, 7) is 8.09. The normalized spacial score (nSPS) is 4.33. The second-order valence-corrected chi connectivity index (χ2v) is 1.07. The van der Waals surface area contributed by atoms with E-state index in [1.165, 1.54) is 0 Å². The summed E-state index contributed by atoms with van der Waals surface area (Å²) in [6.07, 6.45) is 3.43. The summed E-state index contributed by atoms with van der Waals surface area (Å²) in [7, 11) is 0. The molecule has 0 atom stereocenters. The maximum Gasteiger partial charge on any atom is 1.00 e. The molecule has 0 aliphatic rings. The zero-order chi connectivity index (χ0) is 6.12. The van der Waals surface area contributed by atoms with Crippen LogP contribution < -0.4 is 18.9 Å². The van der Waals surface area contributed by atoms with Gasteiger partial charge in [0, 0.05) is 0 Å². The molecule has 0 saturated carbocycles. The molecule has 0 unspecified atom stereocenters. The van der Waals surface area contributed by atoms with E-state index in [4.69, 9.17) is 23.4 Å². The zero-order valence-electron chi connectivity index (χ0n) is 5.25. The Hall–Kier alpha value is 0.637. The number of nitrogens with zero attached hydrogens (tertiary/aromatic N) is 1. The maximum atomic E-state index is 6.25. The van der Waals surface area contributed by atoms with Gasteiger partial charge in [0.1, 0.15) is 0 Å². The first kappa shape index (κ1) is 22.6. The van der Waals surface area contributed by atoms with Gasteiger partial charge in [-0.3, -0.25) is 6.58 Å². The molecule has 0 aromatic heterocycles. The van der Waals surface area contributed by atoms with Crippen molar-refractivity contribution in [3.8, 4) is 0 Å². The van der Waals surface area contributed by atoms with Crippen LogP contribution in [0, 0.1) is 17.9 Å². The SMILES string of the molecule is C=[C-]CCCl.[C-]#N.[Cu+].[Li+]. The minimum Gasteiger partial charge on any atom is -0.512 e. The minimum absolute atomic E-state index is 0. The van der Waals surface area contributed by atoms with Crippen LogP contribution in [0.1, 0.15) is 6.42 Å². The Kier molecular flexibility index (Phi) is 95.7. The molecule has 0 rings (SSSR count). The number of hydrogen-bond donors (Lipinski definition) is 0. The summed E-state index contributed by atoms with van der Waals surface area (Å²) in [4.78, 5) is 0. The molecule has 0 aromatic carbocycles. The summed E-state index contributed by atoms with van der Waals surface area (Å²) in [5.41, 5.74) is 0. The van der Waals surface area contributed by atoms with Crippen LogP contribution in [-0.4, -0.2) is 5.88 Å². The van der Waals surface area contributed by atoms with Gasteiger partial charge >= 0.3 is 35.9 Å². The smallest absolute Gasteiger partial charge is 0.512 e. The van der Waals surface area contributed by atoms with E-state index >= 15 is 0 Å². The molecule has 0 saturated heterocycles. The van der Waals surface area contributed by atoms with Crippen LogP contribution in [0.25, 0.3) is 0 Å². The van der Waals surface area contributed by atoms with Crippen molar-refractivity contribution in [3.05, 3.63) is 19.2 Å². The second-order valence-electron chi connectivity index (χ2n) is 0.689. The van der Waals surface area contributed by atoms with Crippen LogP contribution in [0.15, 0.2) is 6.58 Å². The van der Waals surface area contributed by atoms with Gasteiger partial charge < -0.3 is 17.9 Å². The fraction of sp³-hybridized carbons (Fsp3) is 0.400. The zero-order valence-corrected chi connectivity index (χ0v) is 6.95. The molecule has 0 aliphatic carbocycles. The van der Waals surface area contributed by atoms with Crippen molar-refractivity contribution in [1.82, 2.24) is 0 Å². The van der Waals surface area contributed by atoms with E-state index in [1.54, 1.807) is 0 Å². The molecule has 0 bridgehead atoms. The molecule has 0 spiro atoms. The summed E-state index contributed by atoms with van der Waals surface area (Å²) in [5, 5.41) is 6.25. The Morgan fingerprint density at radius 1 is 1.56 bits per heavy atom. The summed E-state index contributed by atoms with van der Waals surface area (Å²) < 4.78 is 0. The number of rotatable bonds is 2. The first-order valence-corrected chi connectivity index (χ1v) is 2.23. The Bertz CT molecular complexity index is 58.2. The Balaban J connectivity index is -0.0000000286. The van der Waals surface area contributed by atoms with Crippen molar-refractivity contribution in [2.24, 2.45) is 0 Å². The van der Waals surface area contributed by atoms with Gasteiger partial charge in [0.05, 0.1) is 0 Å². The van der Waals surface area contributed by atoms with Crippen molar-refractivity contribution in [1.29, 1.82) is 5.26 Å². The van der Waals surface area contributed by atoms with Crippen LogP contribution >= 0.6 is 11.6 Å². The third-order valence-corrected chi connectivity index (χ3v) is 0.460. The third-order valence-electron chi connectivity index (χ3n) is 0.271. The summed E-state index contributed by atoms with van der Waals surface area (Å²) >= 11 is 5.20. The van der Waals surface area contributed by atoms with Crippen LogP contribution in [0.3, 0.4) is 0 Å². The van der Waals surface area contributed by atoms with Gasteiger partial charge in [-0.05, 0) is 5.88 Å². The number of allylic oxidation sites excluding steroid dienone is 1. The van der Waals surface area contributed by atoms with Gasteiger partial charge in [0.25, 0.3) is 0 Å². The van der Waals surface area contributed by atoms with Crippen molar-refractivity contribution < 1.29 is 35.9 Å². The molecular formula is C5H6ClCuLiN. The van der Waals surface area contributed by atoms with E-state index in [0.29, 0.717) is 5.88 Å². The Labute approximate surface area is 84.1 Å². The molecule has 0 aliphatic heterocycles. The molecular weight excluding hydrogens is 180 g/mol. The maximum absolute atomic E-state index is 6.25. The predicted molar refractivity (Wildman–Crippen MR) is 29.2 cm³/mol. The number of hydrogen-bond acceptors (Lipinski definition) is 1. The topological polar surface area (TPSA) is 23.8 Å². The molecule has 0 radical (unpaired) electrons. The van der Waals surface area contributed by atoms with Gasteiger partial charge in [0.15, 0.2) is 0 Å². The molecule has 50 valence electrons. The van der Waals surface area contributed by atoms with Gasteiger partial charge in [-0.15, -0.1) is 11.6 Å². The van der Waals surface area contributed by atoms with E-state index in [0.717, 1.165) is 6.42 Å².